The van der Waals surface area contributed by atoms with Crippen molar-refractivity contribution in [2.45, 2.75) is 186 Å². The van der Waals surface area contributed by atoms with Crippen molar-refractivity contribution in [3.05, 3.63) is 30.3 Å². The summed E-state index contributed by atoms with van der Waals surface area (Å²) in [4.78, 5) is -0.00866. The summed E-state index contributed by atoms with van der Waals surface area (Å²) in [6, 6.07) is 7.63. The van der Waals surface area contributed by atoms with Crippen molar-refractivity contribution < 1.29 is 73.1 Å². The Labute approximate surface area is 468 Å². The van der Waals surface area contributed by atoms with E-state index in [0.29, 0.717) is 34.1 Å². The molecule has 0 saturated heterocycles. The summed E-state index contributed by atoms with van der Waals surface area (Å²) in [6.45, 7) is 32.3. The lowest BCUT2D eigenvalue weighted by Gasteiger charge is -2.26. The number of hydrogen-bond acceptors (Lipinski definition) is 20. The molecule has 7 unspecified atom stereocenters. The molecule has 74 heavy (non-hydrogen) atoms. The highest BCUT2D eigenvalue weighted by Crippen LogP contribution is 2.52. The number of benzene rings is 1. The molecule has 0 amide bonds. The first kappa shape index (κ1) is 85.4. The molecule has 11 atom stereocenters. The number of halogens is 1. The van der Waals surface area contributed by atoms with Gasteiger partial charge in [-0.25, -0.2) is 0 Å². The van der Waals surface area contributed by atoms with Crippen LogP contribution < -0.4 is 22.1 Å². The van der Waals surface area contributed by atoms with Crippen LogP contribution in [0.3, 0.4) is 0 Å². The molecule has 0 aliphatic carbocycles. The first-order valence-corrected chi connectivity index (χ1v) is 36.4. The van der Waals surface area contributed by atoms with E-state index < -0.39 is 39.3 Å². The Morgan fingerprint density at radius 2 is 0.838 bits per heavy atom. The number of rotatable bonds is 30. The fraction of sp³-hybridized carbons (Fsp3) is 0.857. The van der Waals surface area contributed by atoms with E-state index in [9.17, 15) is 22.1 Å². The van der Waals surface area contributed by atoms with Gasteiger partial charge in [-0.3, -0.25) is 28.5 Å². The van der Waals surface area contributed by atoms with E-state index in [1.807, 2.05) is 75.9 Å². The van der Waals surface area contributed by atoms with E-state index in [1.54, 1.807) is 59.7 Å². The van der Waals surface area contributed by atoms with Crippen LogP contribution >= 0.6 is 97.4 Å². The number of aliphatic hydroxyl groups is 2. The number of nitrogens with one attached hydrogen (secondary N) is 2. The molecule has 0 aromatic heterocycles. The van der Waals surface area contributed by atoms with Crippen LogP contribution in [-0.4, -0.2) is 141 Å². The van der Waals surface area contributed by atoms with Gasteiger partial charge in [0, 0.05) is 26.2 Å². The van der Waals surface area contributed by atoms with Gasteiger partial charge in [0.15, 0.2) is 6.35 Å². The Kier molecular flexibility index (Phi) is 53.1. The van der Waals surface area contributed by atoms with E-state index >= 15 is 0 Å². The zero-order valence-electron chi connectivity index (χ0n) is 47.0. The van der Waals surface area contributed by atoms with Gasteiger partial charge < -0.3 is 58.3 Å². The summed E-state index contributed by atoms with van der Waals surface area (Å²) >= 11 is 5.03. The minimum atomic E-state index is -4.00. The van der Waals surface area contributed by atoms with Crippen molar-refractivity contribution in [1.82, 2.24) is 10.6 Å². The average molecular weight is 1300 g/mol. The third-order valence-corrected chi connectivity index (χ3v) is 15.2. The maximum atomic E-state index is 12.5. The van der Waals surface area contributed by atoms with Crippen LogP contribution in [0.5, 0.6) is 0 Å². The van der Waals surface area contributed by atoms with E-state index in [4.69, 9.17) is 73.7 Å². The highest BCUT2D eigenvalue weighted by molar-refractivity contribution is 7.87. The molecule has 0 heterocycles. The highest BCUT2D eigenvalue weighted by Gasteiger charge is 2.32. The molecule has 0 bridgehead atoms. The zero-order valence-corrected chi connectivity index (χ0v) is 59.2. The lowest BCUT2D eigenvalue weighted by molar-refractivity contribution is 0.0629. The van der Waals surface area contributed by atoms with Gasteiger partial charge in [-0.05, 0) is 138 Å². The second kappa shape index (κ2) is 46.0. The first-order valence-electron chi connectivity index (χ1n) is 23.8. The highest BCUT2D eigenvalue weighted by atomic mass is 35.7. The van der Waals surface area contributed by atoms with Gasteiger partial charge in [0.25, 0.3) is 10.1 Å². The molecule has 0 aliphatic heterocycles. The molecule has 20 nitrogen and oxygen atoms in total. The van der Waals surface area contributed by atoms with E-state index in [1.165, 1.54) is 12.1 Å². The first-order chi connectivity index (χ1) is 33.5. The van der Waals surface area contributed by atoms with Crippen molar-refractivity contribution in [3.8, 4) is 0 Å². The van der Waals surface area contributed by atoms with E-state index in [-0.39, 0.29) is 88.2 Å². The molecule has 1 aromatic carbocycles. The third kappa shape index (κ3) is 60.7. The maximum absolute atomic E-state index is 12.5. The Morgan fingerprint density at radius 3 is 1.08 bits per heavy atom. The van der Waals surface area contributed by atoms with Gasteiger partial charge in [-0.15, -0.1) is 66.7 Å². The molecular weight excluding hydrogens is 1190 g/mol. The van der Waals surface area contributed by atoms with Gasteiger partial charge in [-0.1, -0.05) is 18.2 Å². The van der Waals surface area contributed by atoms with Crippen molar-refractivity contribution in [2.24, 2.45) is 11.5 Å². The smallest absolute Gasteiger partial charge is 0.358 e. The Bertz CT molecular complexity index is 1720. The summed E-state index contributed by atoms with van der Waals surface area (Å²) in [7, 11) is 2.19. The molecule has 1 rings (SSSR count). The van der Waals surface area contributed by atoms with E-state index in [2.05, 4.69) is 66.1 Å². The standard InChI is InChI=1S/C13H21O6PS.C11H29NO4P4.C10H24NO4P.C4H14NOP3.C3H9NO.CH4ClP/c1-11(2)18-20(14,19-12(3)4)10-17-21(15,16)13-8-6-5-7-9-13;1-8(2)15-20(13,16-9(3)4)7-14-10(5)6-12-11(17,18)19;1-8(2)14-16(12,15-9(3)4)7-13-10(5)6-11;1-3(6)2-5-4(7,8)9;1-3(5)2-4;1-3-2/h5-9,11-12H,10H2,1-4H3;8-10,12H,6-7,17-19H2,1-5H3;8-10H,6-7,11H2,1-5H3;3,5-6H,2,7-9H2,1H3;3,5H,2,4H2,1H3;3H,1H3/t;2*10-;2*3-;/m.1111./s1. The van der Waals surface area contributed by atoms with Crippen LogP contribution in [-0.2, 0) is 64.6 Å². The van der Waals surface area contributed by atoms with Gasteiger partial charge in [-0.2, -0.15) is 8.42 Å². The summed E-state index contributed by atoms with van der Waals surface area (Å²) < 4.78 is 109. The Morgan fingerprint density at radius 1 is 0.554 bits per heavy atom. The predicted octanol–water partition coefficient (Wildman–Crippen LogP) is 9.93. The van der Waals surface area contributed by atoms with Crippen molar-refractivity contribution in [2.75, 3.05) is 51.9 Å². The molecule has 1 aromatic rings. The summed E-state index contributed by atoms with van der Waals surface area (Å²) in [5, 5.41) is 23.4. The molecule has 0 fully saturated rings. The number of aliphatic hydroxyl groups excluding tert-OH is 2. The monoisotopic (exact) mass is 1290 g/mol. The van der Waals surface area contributed by atoms with Gasteiger partial charge in [0.05, 0.1) is 75.5 Å². The fourth-order valence-electron chi connectivity index (χ4n) is 4.18. The Balaban J connectivity index is -0.000000280. The molecule has 0 saturated carbocycles. The summed E-state index contributed by atoms with van der Waals surface area (Å²) in [6.07, 6.45) is -3.05. The number of nitrogens with two attached hydrogens (primary N) is 2. The fourth-order valence-corrected chi connectivity index (χ4v) is 11.8. The lowest BCUT2D eigenvalue weighted by atomic mass is 10.4. The van der Waals surface area contributed by atoms with Crippen LogP contribution in [0.15, 0.2) is 35.2 Å². The number of hydrogen-bond donors (Lipinski definition) is 6. The second-order valence-corrected chi connectivity index (χ2v) is 36.5. The van der Waals surface area contributed by atoms with Crippen LogP contribution in [0, 0.1) is 0 Å². The maximum Gasteiger partial charge on any atom is 0.358 e. The van der Waals surface area contributed by atoms with Gasteiger partial charge in [0.2, 0.25) is 0 Å². The predicted molar refractivity (Wildman–Crippen MR) is 332 cm³/mol. The van der Waals surface area contributed by atoms with E-state index in [0.717, 1.165) is 0 Å². The largest absolute Gasteiger partial charge is 0.392 e. The van der Waals surface area contributed by atoms with Crippen molar-refractivity contribution >= 4 is 108 Å². The molecule has 448 valence electrons. The zero-order chi connectivity index (χ0) is 59.3. The van der Waals surface area contributed by atoms with Crippen LogP contribution in [0.25, 0.3) is 0 Å². The SMILES string of the molecule is CC(C)OP(=O)(COS(=O)(=O)c1ccccc1)OC(C)C.CC(C)OP(=O)(CO[C@H](C)CN)OC(C)C.CC(C)OP(=O)(CO[C@H](C)CNC(P)(P)P)OC(C)C.CPCl.C[C@@H](O)CN.C[C@@H](O)CNC(P)(P)P. The minimum Gasteiger partial charge on any atom is -0.392 e. The van der Waals surface area contributed by atoms with Gasteiger partial charge in [0.1, 0.15) is 12.7 Å². The number of ether oxygens (including phenoxy) is 2. The van der Waals surface area contributed by atoms with Gasteiger partial charge >= 0.3 is 22.8 Å². The topological polar surface area (TPSA) is 285 Å². The second-order valence-electron chi connectivity index (χ2n) is 18.0. The molecular formula is C42H101ClN4O16P10S. The van der Waals surface area contributed by atoms with Crippen molar-refractivity contribution in [1.29, 1.82) is 0 Å². The minimum absolute atomic E-state index is 0.00866. The molecule has 0 aliphatic rings. The molecule has 0 radical (unpaired) electrons. The summed E-state index contributed by atoms with van der Waals surface area (Å²) in [5.74, 6) is 0. The van der Waals surface area contributed by atoms with Crippen LogP contribution in [0.4, 0.5) is 0 Å². The van der Waals surface area contributed by atoms with Crippen LogP contribution in [0.1, 0.15) is 111 Å². The normalized spacial score (nSPS) is 14.3. The van der Waals surface area contributed by atoms with Crippen LogP contribution in [0.2, 0.25) is 0 Å². The van der Waals surface area contributed by atoms with Crippen molar-refractivity contribution in [3.63, 3.8) is 0 Å². The molecule has 32 heteroatoms. The third-order valence-electron chi connectivity index (χ3n) is 6.73. The molecule has 0 spiro atoms. The average Bonchev–Trinajstić information content (AvgIpc) is 3.22. The quantitative estimate of drug-likeness (QED) is 0.0308. The lowest BCUT2D eigenvalue weighted by Crippen LogP contribution is -2.34. The summed E-state index contributed by atoms with van der Waals surface area (Å²) in [5.41, 5.74) is 10.3. The Hall–Kier alpha value is 2.56. The molecule has 8 N–H and O–H groups in total.